The molecule has 1 aliphatic heterocycles. The Hall–Kier alpha value is -3.50. The van der Waals surface area contributed by atoms with Crippen LogP contribution >= 0.6 is 0 Å². The highest BCUT2D eigenvalue weighted by Crippen LogP contribution is 2.38. The number of ether oxygens (including phenoxy) is 4. The standard InChI is InChI=1S/C23H29N3O7/c1-30-19-12-15(13-20(31-2)21(19)32-3)22(28)25-18(14-27)23(29)24-16-4-6-17(7-5-16)26-8-10-33-11-9-26/h4-7,12-13,18,27H,8-11,14H2,1-3H3,(H,24,29)(H,25,28)/t18-/m0/s1. The van der Waals surface area contributed by atoms with Crippen LogP contribution in [0.1, 0.15) is 10.4 Å². The van der Waals surface area contributed by atoms with Gasteiger partial charge < -0.3 is 39.6 Å². The van der Waals surface area contributed by atoms with E-state index in [-0.39, 0.29) is 5.56 Å². The molecule has 1 atom stereocenters. The lowest BCUT2D eigenvalue weighted by atomic mass is 10.1. The molecular weight excluding hydrogens is 430 g/mol. The first-order valence-corrected chi connectivity index (χ1v) is 10.5. The van der Waals surface area contributed by atoms with Crippen LogP contribution < -0.4 is 29.7 Å². The molecule has 10 heteroatoms. The Balaban J connectivity index is 1.66. The first kappa shape index (κ1) is 24.1. The zero-order valence-corrected chi connectivity index (χ0v) is 18.9. The van der Waals surface area contributed by atoms with E-state index in [4.69, 9.17) is 18.9 Å². The van der Waals surface area contributed by atoms with Gasteiger partial charge >= 0.3 is 0 Å². The number of anilines is 2. The van der Waals surface area contributed by atoms with Crippen molar-refractivity contribution in [1.82, 2.24) is 5.32 Å². The third-order valence-corrected chi connectivity index (χ3v) is 5.24. The predicted molar refractivity (Wildman–Crippen MR) is 123 cm³/mol. The Labute approximate surface area is 192 Å². The molecule has 2 aromatic carbocycles. The first-order chi connectivity index (χ1) is 16.0. The minimum atomic E-state index is -1.16. The van der Waals surface area contributed by atoms with Gasteiger partial charge in [-0.05, 0) is 36.4 Å². The number of aliphatic hydroxyl groups is 1. The number of methoxy groups -OCH3 is 3. The lowest BCUT2D eigenvalue weighted by Gasteiger charge is -2.29. The largest absolute Gasteiger partial charge is 0.493 e. The first-order valence-electron chi connectivity index (χ1n) is 10.5. The van der Waals surface area contributed by atoms with Gasteiger partial charge in [-0.3, -0.25) is 9.59 Å². The minimum Gasteiger partial charge on any atom is -0.493 e. The van der Waals surface area contributed by atoms with Crippen LogP contribution in [0.15, 0.2) is 36.4 Å². The minimum absolute atomic E-state index is 0.186. The summed E-state index contributed by atoms with van der Waals surface area (Å²) in [6.07, 6.45) is 0. The number of morpholine rings is 1. The van der Waals surface area contributed by atoms with Crippen LogP contribution in [0, 0.1) is 0 Å². The maximum Gasteiger partial charge on any atom is 0.252 e. The van der Waals surface area contributed by atoms with Crippen molar-refractivity contribution in [1.29, 1.82) is 0 Å². The Kier molecular flexibility index (Phi) is 8.34. The summed E-state index contributed by atoms with van der Waals surface area (Å²) in [7, 11) is 4.33. The summed E-state index contributed by atoms with van der Waals surface area (Å²) in [5.41, 5.74) is 1.77. The van der Waals surface area contributed by atoms with E-state index >= 15 is 0 Å². The number of nitrogens with zero attached hydrogens (tertiary/aromatic N) is 1. The van der Waals surface area contributed by atoms with Gasteiger partial charge in [0, 0.05) is 30.0 Å². The third-order valence-electron chi connectivity index (χ3n) is 5.24. The lowest BCUT2D eigenvalue weighted by Crippen LogP contribution is -2.46. The zero-order valence-electron chi connectivity index (χ0n) is 18.9. The van der Waals surface area contributed by atoms with Crippen molar-refractivity contribution in [2.24, 2.45) is 0 Å². The predicted octanol–water partition coefficient (Wildman–Crippen LogP) is 1.28. The van der Waals surface area contributed by atoms with Gasteiger partial charge in [-0.25, -0.2) is 0 Å². The smallest absolute Gasteiger partial charge is 0.252 e. The van der Waals surface area contributed by atoms with Crippen LogP contribution in [0.3, 0.4) is 0 Å². The van der Waals surface area contributed by atoms with Crippen molar-refractivity contribution in [3.63, 3.8) is 0 Å². The molecule has 0 spiro atoms. The van der Waals surface area contributed by atoms with Crippen molar-refractivity contribution < 1.29 is 33.6 Å². The third kappa shape index (κ3) is 5.85. The normalized spacial score (nSPS) is 14.2. The number of aliphatic hydroxyl groups excluding tert-OH is 1. The maximum absolute atomic E-state index is 12.8. The second kappa shape index (κ2) is 11.4. The number of rotatable bonds is 9. The highest BCUT2D eigenvalue weighted by molar-refractivity contribution is 6.01. The topological polar surface area (TPSA) is 119 Å². The van der Waals surface area contributed by atoms with Gasteiger partial charge in [0.25, 0.3) is 5.91 Å². The second-order valence-electron chi connectivity index (χ2n) is 7.26. The van der Waals surface area contributed by atoms with Crippen LogP contribution in [0.5, 0.6) is 17.2 Å². The van der Waals surface area contributed by atoms with Crippen molar-refractivity contribution >= 4 is 23.2 Å². The fraction of sp³-hybridized carbons (Fsp3) is 0.391. The summed E-state index contributed by atoms with van der Waals surface area (Å²) in [6, 6.07) is 9.14. The van der Waals surface area contributed by atoms with E-state index in [0.29, 0.717) is 36.1 Å². The zero-order chi connectivity index (χ0) is 23.8. The van der Waals surface area contributed by atoms with Gasteiger partial charge in [0.15, 0.2) is 11.5 Å². The van der Waals surface area contributed by atoms with Crippen LogP contribution in [0.4, 0.5) is 11.4 Å². The molecule has 0 radical (unpaired) electrons. The van der Waals surface area contributed by atoms with Gasteiger partial charge in [0.1, 0.15) is 6.04 Å². The Morgan fingerprint density at radius 1 is 1.03 bits per heavy atom. The number of hydrogen-bond donors (Lipinski definition) is 3. The molecule has 3 rings (SSSR count). The molecule has 178 valence electrons. The molecule has 1 saturated heterocycles. The number of hydrogen-bond acceptors (Lipinski definition) is 8. The van der Waals surface area contributed by atoms with Crippen LogP contribution in [0.25, 0.3) is 0 Å². The van der Waals surface area contributed by atoms with Crippen LogP contribution in [0.2, 0.25) is 0 Å². The van der Waals surface area contributed by atoms with Gasteiger partial charge in [-0.1, -0.05) is 0 Å². The van der Waals surface area contributed by atoms with E-state index in [2.05, 4.69) is 15.5 Å². The lowest BCUT2D eigenvalue weighted by molar-refractivity contribution is -0.118. The Morgan fingerprint density at radius 2 is 1.64 bits per heavy atom. The maximum atomic E-state index is 12.8. The molecule has 0 unspecified atom stereocenters. The molecule has 1 aliphatic rings. The summed E-state index contributed by atoms with van der Waals surface area (Å²) < 4.78 is 21.1. The van der Waals surface area contributed by atoms with Crippen LogP contribution in [-0.4, -0.2) is 77.2 Å². The highest BCUT2D eigenvalue weighted by Gasteiger charge is 2.23. The molecule has 0 aliphatic carbocycles. The molecule has 33 heavy (non-hydrogen) atoms. The molecule has 1 fully saturated rings. The molecule has 2 aromatic rings. The van der Waals surface area contributed by atoms with E-state index in [0.717, 1.165) is 18.8 Å². The van der Waals surface area contributed by atoms with Gasteiger partial charge in [-0.2, -0.15) is 0 Å². The highest BCUT2D eigenvalue weighted by atomic mass is 16.5. The summed E-state index contributed by atoms with van der Waals surface area (Å²) in [5.74, 6) is -0.184. The number of carbonyl (C=O) groups is 2. The average Bonchev–Trinajstić information content (AvgIpc) is 2.86. The SMILES string of the molecule is COc1cc(C(=O)N[C@@H](CO)C(=O)Nc2ccc(N3CCOCC3)cc2)cc(OC)c1OC. The number of benzene rings is 2. The van der Waals surface area contributed by atoms with Gasteiger partial charge in [-0.15, -0.1) is 0 Å². The van der Waals surface area contributed by atoms with E-state index in [1.807, 2.05) is 12.1 Å². The average molecular weight is 459 g/mol. The fourth-order valence-electron chi connectivity index (χ4n) is 3.45. The molecule has 3 N–H and O–H groups in total. The van der Waals surface area contributed by atoms with Crippen LogP contribution in [-0.2, 0) is 9.53 Å². The molecule has 0 bridgehead atoms. The van der Waals surface area contributed by atoms with Crippen molar-refractivity contribution in [3.05, 3.63) is 42.0 Å². The summed E-state index contributed by atoms with van der Waals surface area (Å²) >= 11 is 0. The summed E-state index contributed by atoms with van der Waals surface area (Å²) in [5, 5.41) is 15.0. The number of amides is 2. The quantitative estimate of drug-likeness (QED) is 0.513. The molecule has 0 saturated carbocycles. The van der Waals surface area contributed by atoms with Crippen molar-refractivity contribution in [2.75, 3.05) is 64.5 Å². The van der Waals surface area contributed by atoms with Gasteiger partial charge in [0.05, 0.1) is 41.2 Å². The summed E-state index contributed by atoms with van der Waals surface area (Å²) in [6.45, 7) is 2.41. The number of carbonyl (C=O) groups excluding carboxylic acids is 2. The summed E-state index contributed by atoms with van der Waals surface area (Å²) in [4.78, 5) is 27.6. The number of nitrogens with one attached hydrogen (secondary N) is 2. The molecule has 2 amide bonds. The van der Waals surface area contributed by atoms with E-state index in [1.165, 1.54) is 33.5 Å². The monoisotopic (exact) mass is 459 g/mol. The Bertz CT molecular complexity index is 934. The molecule has 10 nitrogen and oxygen atoms in total. The Morgan fingerprint density at radius 3 is 2.15 bits per heavy atom. The van der Waals surface area contributed by atoms with E-state index in [1.54, 1.807) is 12.1 Å². The second-order valence-corrected chi connectivity index (χ2v) is 7.26. The van der Waals surface area contributed by atoms with Crippen molar-refractivity contribution in [3.8, 4) is 17.2 Å². The van der Waals surface area contributed by atoms with E-state index < -0.39 is 24.5 Å². The van der Waals surface area contributed by atoms with Gasteiger partial charge in [0.2, 0.25) is 11.7 Å². The molecule has 1 heterocycles. The van der Waals surface area contributed by atoms with E-state index in [9.17, 15) is 14.7 Å². The molecule has 0 aromatic heterocycles. The fourth-order valence-corrected chi connectivity index (χ4v) is 3.45. The van der Waals surface area contributed by atoms with Crippen molar-refractivity contribution in [2.45, 2.75) is 6.04 Å². The molecular formula is C23H29N3O7.